The quantitative estimate of drug-likeness (QED) is 0.202. The molecule has 0 saturated carbocycles. The molecule has 0 atom stereocenters. The van der Waals surface area contributed by atoms with Crippen LogP contribution in [0.4, 0.5) is 5.13 Å². The molecule has 1 heterocycles. The number of hydrogen-bond donors (Lipinski definition) is 1. The monoisotopic (exact) mass is 421 g/mol. The zero-order chi connectivity index (χ0) is 21.2. The van der Waals surface area contributed by atoms with Crippen LogP contribution in [0.2, 0.25) is 0 Å². The molecule has 0 unspecified atom stereocenters. The Balaban J connectivity index is 1.56. The molecule has 0 aliphatic carbocycles. The SMILES string of the molecule is CCCCCCCOc1ccccc1/C=N\Nc1nc(-c2ccc(C)cc2C)cs1. The molecule has 0 saturated heterocycles. The molecule has 0 radical (unpaired) electrons. The first kappa shape index (κ1) is 22.0. The number of hydrogen-bond acceptors (Lipinski definition) is 5. The maximum Gasteiger partial charge on any atom is 0.203 e. The Morgan fingerprint density at radius 3 is 2.73 bits per heavy atom. The first-order chi connectivity index (χ1) is 14.7. The van der Waals surface area contributed by atoms with Crippen molar-refractivity contribution in [3.05, 3.63) is 64.5 Å². The molecule has 1 aromatic heterocycles. The normalized spacial score (nSPS) is 11.2. The fourth-order valence-corrected chi connectivity index (χ4v) is 3.97. The minimum Gasteiger partial charge on any atom is -0.493 e. The van der Waals surface area contributed by atoms with Crippen LogP contribution in [-0.2, 0) is 0 Å². The summed E-state index contributed by atoms with van der Waals surface area (Å²) in [5.41, 5.74) is 8.64. The molecule has 0 bridgehead atoms. The van der Waals surface area contributed by atoms with E-state index in [9.17, 15) is 0 Å². The molecule has 30 heavy (non-hydrogen) atoms. The highest BCUT2D eigenvalue weighted by Crippen LogP contribution is 2.28. The number of aryl methyl sites for hydroxylation is 2. The molecule has 0 spiro atoms. The molecule has 1 N–H and O–H groups in total. The molecular weight excluding hydrogens is 390 g/mol. The van der Waals surface area contributed by atoms with Crippen LogP contribution in [0.3, 0.4) is 0 Å². The minimum atomic E-state index is 0.744. The van der Waals surface area contributed by atoms with E-state index in [1.165, 1.54) is 36.8 Å². The number of rotatable bonds is 11. The Morgan fingerprint density at radius 1 is 1.07 bits per heavy atom. The van der Waals surface area contributed by atoms with Crippen molar-refractivity contribution in [2.24, 2.45) is 5.10 Å². The molecule has 0 fully saturated rings. The summed E-state index contributed by atoms with van der Waals surface area (Å²) in [6, 6.07) is 14.4. The average molecular weight is 422 g/mol. The van der Waals surface area contributed by atoms with Crippen molar-refractivity contribution in [3.63, 3.8) is 0 Å². The van der Waals surface area contributed by atoms with Gasteiger partial charge in [-0.15, -0.1) is 11.3 Å². The van der Waals surface area contributed by atoms with E-state index in [0.29, 0.717) is 0 Å². The summed E-state index contributed by atoms with van der Waals surface area (Å²) in [7, 11) is 0. The number of thiazole rings is 1. The highest BCUT2D eigenvalue weighted by molar-refractivity contribution is 7.14. The lowest BCUT2D eigenvalue weighted by Crippen LogP contribution is -2.00. The number of aromatic nitrogens is 1. The van der Waals surface area contributed by atoms with E-state index in [-0.39, 0.29) is 0 Å². The number of benzene rings is 2. The molecule has 4 nitrogen and oxygen atoms in total. The Kier molecular flexibility index (Phi) is 8.45. The van der Waals surface area contributed by atoms with Crippen LogP contribution in [0.15, 0.2) is 52.9 Å². The molecule has 3 rings (SSSR count). The topological polar surface area (TPSA) is 46.5 Å². The smallest absolute Gasteiger partial charge is 0.203 e. The lowest BCUT2D eigenvalue weighted by molar-refractivity contribution is 0.304. The third-order valence-corrected chi connectivity index (χ3v) is 5.70. The van der Waals surface area contributed by atoms with E-state index < -0.39 is 0 Å². The van der Waals surface area contributed by atoms with Gasteiger partial charge in [0.15, 0.2) is 0 Å². The number of unbranched alkanes of at least 4 members (excludes halogenated alkanes) is 4. The fourth-order valence-electron chi connectivity index (χ4n) is 3.31. The maximum absolute atomic E-state index is 5.97. The number of nitrogens with zero attached hydrogens (tertiary/aromatic N) is 2. The van der Waals surface area contributed by atoms with Crippen LogP contribution in [0.1, 0.15) is 55.7 Å². The summed E-state index contributed by atoms with van der Waals surface area (Å²) in [4.78, 5) is 4.67. The van der Waals surface area contributed by atoms with Gasteiger partial charge in [-0.1, -0.05) is 68.5 Å². The van der Waals surface area contributed by atoms with Crippen molar-refractivity contribution in [1.82, 2.24) is 4.98 Å². The summed E-state index contributed by atoms with van der Waals surface area (Å²) in [6.45, 7) is 7.20. The van der Waals surface area contributed by atoms with Gasteiger partial charge in [0.25, 0.3) is 0 Å². The Bertz CT molecular complexity index is 965. The summed E-state index contributed by atoms with van der Waals surface area (Å²) in [5.74, 6) is 0.869. The highest BCUT2D eigenvalue weighted by Gasteiger charge is 2.07. The van der Waals surface area contributed by atoms with Gasteiger partial charge in [-0.25, -0.2) is 4.98 Å². The predicted octanol–water partition coefficient (Wildman–Crippen LogP) is 7.22. The Hall–Kier alpha value is -2.66. The predicted molar refractivity (Wildman–Crippen MR) is 129 cm³/mol. The van der Waals surface area contributed by atoms with Gasteiger partial charge in [0.1, 0.15) is 5.75 Å². The fraction of sp³-hybridized carbons (Fsp3) is 0.360. The molecule has 0 amide bonds. The van der Waals surface area contributed by atoms with Gasteiger partial charge in [0, 0.05) is 16.5 Å². The largest absolute Gasteiger partial charge is 0.493 e. The van der Waals surface area contributed by atoms with E-state index in [0.717, 1.165) is 40.7 Å². The summed E-state index contributed by atoms with van der Waals surface area (Å²) < 4.78 is 5.97. The number of ether oxygens (including phenoxy) is 1. The third-order valence-electron chi connectivity index (χ3n) is 4.95. The Morgan fingerprint density at radius 2 is 1.90 bits per heavy atom. The van der Waals surface area contributed by atoms with E-state index in [4.69, 9.17) is 4.74 Å². The highest BCUT2D eigenvalue weighted by atomic mass is 32.1. The van der Waals surface area contributed by atoms with Gasteiger partial charge in [0.05, 0.1) is 18.5 Å². The van der Waals surface area contributed by atoms with E-state index in [1.807, 2.05) is 24.3 Å². The van der Waals surface area contributed by atoms with Crippen LogP contribution in [0, 0.1) is 13.8 Å². The number of anilines is 1. The lowest BCUT2D eigenvalue weighted by atomic mass is 10.0. The van der Waals surface area contributed by atoms with Gasteiger partial charge in [-0.05, 0) is 38.0 Å². The second-order valence-corrected chi connectivity index (χ2v) is 8.38. The summed E-state index contributed by atoms with van der Waals surface area (Å²) in [5, 5.41) is 7.21. The molecule has 158 valence electrons. The van der Waals surface area contributed by atoms with Crippen molar-refractivity contribution >= 4 is 22.7 Å². The van der Waals surface area contributed by atoms with Crippen molar-refractivity contribution in [2.75, 3.05) is 12.0 Å². The van der Waals surface area contributed by atoms with Crippen LogP contribution in [0.25, 0.3) is 11.3 Å². The summed E-state index contributed by atoms with van der Waals surface area (Å²) >= 11 is 1.55. The minimum absolute atomic E-state index is 0.744. The van der Waals surface area contributed by atoms with Crippen molar-refractivity contribution in [1.29, 1.82) is 0 Å². The van der Waals surface area contributed by atoms with Crippen molar-refractivity contribution < 1.29 is 4.74 Å². The van der Waals surface area contributed by atoms with E-state index in [2.05, 4.69) is 59.9 Å². The zero-order valence-corrected chi connectivity index (χ0v) is 19.0. The van der Waals surface area contributed by atoms with Crippen molar-refractivity contribution in [3.8, 4) is 17.0 Å². The average Bonchev–Trinajstić information content (AvgIpc) is 3.20. The van der Waals surface area contributed by atoms with Crippen LogP contribution < -0.4 is 10.2 Å². The van der Waals surface area contributed by atoms with Crippen LogP contribution in [-0.4, -0.2) is 17.8 Å². The Labute approximate surface area is 184 Å². The molecule has 3 aromatic rings. The lowest BCUT2D eigenvalue weighted by Gasteiger charge is -2.08. The third kappa shape index (κ3) is 6.42. The van der Waals surface area contributed by atoms with Gasteiger partial charge in [-0.2, -0.15) is 5.10 Å². The van der Waals surface area contributed by atoms with Crippen molar-refractivity contribution in [2.45, 2.75) is 52.9 Å². The summed E-state index contributed by atoms with van der Waals surface area (Å²) in [6.07, 6.45) is 7.95. The standard InChI is InChI=1S/C25H31N3OS/c1-4-5-6-7-10-15-29-24-12-9-8-11-21(24)17-26-28-25-27-23(18-30-25)22-14-13-19(2)16-20(22)3/h8-9,11-14,16-18H,4-7,10,15H2,1-3H3,(H,27,28)/b26-17-. The van der Waals surface area contributed by atoms with Gasteiger partial charge >= 0.3 is 0 Å². The first-order valence-corrected chi connectivity index (χ1v) is 11.6. The second kappa shape index (κ2) is 11.5. The number of nitrogens with one attached hydrogen (secondary N) is 1. The van der Waals surface area contributed by atoms with E-state index >= 15 is 0 Å². The van der Waals surface area contributed by atoms with Crippen LogP contribution >= 0.6 is 11.3 Å². The second-order valence-electron chi connectivity index (χ2n) is 7.53. The molecular formula is C25H31N3OS. The van der Waals surface area contributed by atoms with E-state index in [1.54, 1.807) is 17.6 Å². The van der Waals surface area contributed by atoms with Crippen LogP contribution in [0.5, 0.6) is 5.75 Å². The maximum atomic E-state index is 5.97. The zero-order valence-electron chi connectivity index (χ0n) is 18.1. The van der Waals surface area contributed by atoms with Gasteiger partial charge in [0.2, 0.25) is 5.13 Å². The first-order valence-electron chi connectivity index (χ1n) is 10.7. The molecule has 0 aliphatic heterocycles. The molecule has 0 aliphatic rings. The molecule has 2 aromatic carbocycles. The van der Waals surface area contributed by atoms with Gasteiger partial charge in [-0.3, -0.25) is 5.43 Å². The van der Waals surface area contributed by atoms with Gasteiger partial charge < -0.3 is 4.74 Å². The molecule has 5 heteroatoms. The number of para-hydroxylation sites is 1. The number of hydrazone groups is 1.